The van der Waals surface area contributed by atoms with E-state index in [0.29, 0.717) is 13.0 Å². The highest BCUT2D eigenvalue weighted by atomic mass is 32.2. The molecule has 0 aromatic heterocycles. The molecule has 0 saturated carbocycles. The molecule has 158 valence electrons. The molecule has 2 aromatic rings. The van der Waals surface area contributed by atoms with Gasteiger partial charge in [-0.15, -0.1) is 0 Å². The zero-order valence-electron chi connectivity index (χ0n) is 16.3. The third kappa shape index (κ3) is 5.01. The summed E-state index contributed by atoms with van der Waals surface area (Å²) in [7, 11) is -3.76. The zero-order valence-corrected chi connectivity index (χ0v) is 17.1. The molecule has 1 unspecified atom stereocenters. The average molecular weight is 431 g/mol. The smallest absolute Gasteiger partial charge is 0.271 e. The molecule has 0 radical (unpaired) electrons. The zero-order chi connectivity index (χ0) is 21.9. The fraction of sp³-hybridized carbons (Fsp3) is 0.300. The van der Waals surface area contributed by atoms with E-state index in [4.69, 9.17) is 0 Å². The van der Waals surface area contributed by atoms with Crippen LogP contribution in [0.5, 0.6) is 0 Å². The third-order valence-corrected chi connectivity index (χ3v) is 5.97. The maximum Gasteiger partial charge on any atom is 0.271 e. The molecule has 0 bridgehead atoms. The fourth-order valence-electron chi connectivity index (χ4n) is 3.31. The molecule has 1 fully saturated rings. The largest absolute Gasteiger partial charge is 0.343 e. The Bertz CT molecular complexity index is 1080. The van der Waals surface area contributed by atoms with E-state index in [2.05, 4.69) is 5.32 Å². The number of likely N-dealkylation sites (tertiary alicyclic amines) is 1. The van der Waals surface area contributed by atoms with Gasteiger partial charge in [-0.25, -0.2) is 8.42 Å². The Kier molecular flexibility index (Phi) is 6.16. The van der Waals surface area contributed by atoms with Crippen LogP contribution in [0, 0.1) is 10.1 Å². The molecular formula is C20H21N3O6S. The highest BCUT2D eigenvalue weighted by Crippen LogP contribution is 2.23. The third-order valence-electron chi connectivity index (χ3n) is 4.87. The molecule has 1 N–H and O–H groups in total. The van der Waals surface area contributed by atoms with Gasteiger partial charge in [-0.3, -0.25) is 19.7 Å². The van der Waals surface area contributed by atoms with Gasteiger partial charge in [0.05, 0.1) is 15.9 Å². The van der Waals surface area contributed by atoms with Crippen molar-refractivity contribution in [2.75, 3.05) is 19.3 Å². The predicted octanol–water partition coefficient (Wildman–Crippen LogP) is 2.09. The number of carbonyl (C=O) groups is 2. The monoisotopic (exact) mass is 431 g/mol. The number of hydrogen-bond donors (Lipinski definition) is 1. The maximum atomic E-state index is 12.9. The molecule has 0 spiro atoms. The van der Waals surface area contributed by atoms with Crippen LogP contribution >= 0.6 is 0 Å². The molecule has 2 aromatic carbocycles. The number of non-ortho nitro benzene ring substituents is 1. The van der Waals surface area contributed by atoms with Crippen LogP contribution in [0.2, 0.25) is 0 Å². The minimum atomic E-state index is -3.76. The highest BCUT2D eigenvalue weighted by molar-refractivity contribution is 7.90. The molecule has 9 nitrogen and oxygen atoms in total. The van der Waals surface area contributed by atoms with Crippen LogP contribution in [0.3, 0.4) is 0 Å². The molecule has 0 aliphatic carbocycles. The van der Waals surface area contributed by atoms with Gasteiger partial charge < -0.3 is 10.2 Å². The summed E-state index contributed by atoms with van der Waals surface area (Å²) >= 11 is 0. The lowest BCUT2D eigenvalue weighted by molar-refractivity contribution is -0.385. The van der Waals surface area contributed by atoms with E-state index >= 15 is 0 Å². The van der Waals surface area contributed by atoms with Crippen LogP contribution in [0.25, 0.3) is 0 Å². The first-order chi connectivity index (χ1) is 14.1. The van der Waals surface area contributed by atoms with Crippen molar-refractivity contribution in [1.29, 1.82) is 0 Å². The molecule has 30 heavy (non-hydrogen) atoms. The van der Waals surface area contributed by atoms with Crippen LogP contribution < -0.4 is 5.32 Å². The molecule has 3 rings (SSSR count). The second-order valence-corrected chi connectivity index (χ2v) is 9.14. The molecule has 1 saturated heterocycles. The number of rotatable bonds is 7. The van der Waals surface area contributed by atoms with E-state index < -0.39 is 32.4 Å². The Morgan fingerprint density at radius 2 is 1.93 bits per heavy atom. The van der Waals surface area contributed by atoms with E-state index in [1.165, 1.54) is 0 Å². The molecule has 1 aliphatic rings. The van der Waals surface area contributed by atoms with Crippen molar-refractivity contribution in [1.82, 2.24) is 10.2 Å². The van der Waals surface area contributed by atoms with E-state index in [1.807, 2.05) is 6.07 Å². The Morgan fingerprint density at radius 3 is 2.50 bits per heavy atom. The average Bonchev–Trinajstić information content (AvgIpc) is 3.11. The Balaban J connectivity index is 1.92. The van der Waals surface area contributed by atoms with Crippen molar-refractivity contribution in [3.63, 3.8) is 0 Å². The number of carbonyl (C=O) groups excluding carboxylic acids is 2. The molecular weight excluding hydrogens is 410 g/mol. The van der Waals surface area contributed by atoms with Gasteiger partial charge in [0, 0.05) is 43.5 Å². The first-order valence-corrected chi connectivity index (χ1v) is 11.2. The minimum absolute atomic E-state index is 0.000100. The van der Waals surface area contributed by atoms with E-state index in [-0.39, 0.29) is 22.9 Å². The molecule has 2 amide bonds. The maximum absolute atomic E-state index is 12.9. The van der Waals surface area contributed by atoms with Gasteiger partial charge in [0.1, 0.15) is 0 Å². The summed E-state index contributed by atoms with van der Waals surface area (Å²) in [5.74, 6) is -0.663. The van der Waals surface area contributed by atoms with Gasteiger partial charge in [0.2, 0.25) is 5.91 Å². The van der Waals surface area contributed by atoms with E-state index in [1.54, 1.807) is 29.2 Å². The van der Waals surface area contributed by atoms with E-state index in [0.717, 1.165) is 36.4 Å². The second kappa shape index (κ2) is 8.62. The number of benzene rings is 2. The Hall–Kier alpha value is -3.27. The van der Waals surface area contributed by atoms with Gasteiger partial charge >= 0.3 is 0 Å². The van der Waals surface area contributed by atoms with Crippen molar-refractivity contribution in [2.45, 2.75) is 23.8 Å². The first-order valence-electron chi connectivity index (χ1n) is 9.28. The van der Waals surface area contributed by atoms with Crippen LogP contribution in [0.1, 0.15) is 34.8 Å². The van der Waals surface area contributed by atoms with Gasteiger partial charge in [-0.05, 0) is 18.1 Å². The molecule has 10 heteroatoms. The van der Waals surface area contributed by atoms with Gasteiger partial charge in [0.25, 0.3) is 11.6 Å². The summed E-state index contributed by atoms with van der Waals surface area (Å²) in [6, 6.07) is 11.5. The van der Waals surface area contributed by atoms with Gasteiger partial charge in [-0.1, -0.05) is 30.3 Å². The van der Waals surface area contributed by atoms with Crippen LogP contribution in [-0.2, 0) is 14.6 Å². The number of hydrogen-bond acceptors (Lipinski definition) is 6. The van der Waals surface area contributed by atoms with Crippen molar-refractivity contribution in [2.24, 2.45) is 0 Å². The summed E-state index contributed by atoms with van der Waals surface area (Å²) < 4.78 is 23.8. The predicted molar refractivity (Wildman–Crippen MR) is 109 cm³/mol. The number of nitro benzene ring substituents is 1. The molecule has 1 atom stereocenters. The highest BCUT2D eigenvalue weighted by Gasteiger charge is 2.26. The lowest BCUT2D eigenvalue weighted by Gasteiger charge is -2.25. The van der Waals surface area contributed by atoms with Gasteiger partial charge in [0.15, 0.2) is 9.84 Å². The van der Waals surface area contributed by atoms with E-state index in [9.17, 15) is 28.1 Å². The Morgan fingerprint density at radius 1 is 1.23 bits per heavy atom. The normalized spacial score (nSPS) is 15.1. The second-order valence-electron chi connectivity index (χ2n) is 7.12. The molecule has 1 heterocycles. The number of amides is 2. The summed E-state index contributed by atoms with van der Waals surface area (Å²) in [5, 5.41) is 14.0. The number of nitrogens with one attached hydrogen (secondary N) is 1. The fourth-order valence-corrected chi connectivity index (χ4v) is 3.99. The van der Waals surface area contributed by atoms with Crippen molar-refractivity contribution >= 4 is 27.3 Å². The summed E-state index contributed by atoms with van der Waals surface area (Å²) in [5.41, 5.74) is 0.131. The lowest BCUT2D eigenvalue weighted by Crippen LogP contribution is -2.38. The van der Waals surface area contributed by atoms with Crippen molar-refractivity contribution in [3.05, 3.63) is 69.8 Å². The minimum Gasteiger partial charge on any atom is -0.343 e. The topological polar surface area (TPSA) is 127 Å². The van der Waals surface area contributed by atoms with Crippen molar-refractivity contribution < 1.29 is 22.9 Å². The summed E-state index contributed by atoms with van der Waals surface area (Å²) in [4.78, 5) is 36.7. The number of sulfone groups is 1. The number of nitrogens with zero attached hydrogens (tertiary/aromatic N) is 2. The summed E-state index contributed by atoms with van der Waals surface area (Å²) in [6.45, 7) is 0.843. The van der Waals surface area contributed by atoms with Crippen LogP contribution in [0.15, 0.2) is 53.4 Å². The standard InChI is InChI=1S/C20H21N3O6S/c1-30(28,29)17-11-15(10-16(12-17)23(26)27)20(25)21-18(14-6-3-2-4-7-14)13-22-9-5-8-19(22)24/h2-4,6-7,10-12,18H,5,8-9,13H2,1H3,(H,21,25). The van der Waals surface area contributed by atoms with Crippen molar-refractivity contribution in [3.8, 4) is 0 Å². The SMILES string of the molecule is CS(=O)(=O)c1cc(C(=O)NC(CN2CCCC2=O)c2ccccc2)cc([N+](=O)[O-])c1. The molecule has 1 aliphatic heterocycles. The van der Waals surface area contributed by atoms with Gasteiger partial charge in [-0.2, -0.15) is 0 Å². The van der Waals surface area contributed by atoms with Crippen LogP contribution in [0.4, 0.5) is 5.69 Å². The van der Waals surface area contributed by atoms with Crippen LogP contribution in [-0.4, -0.2) is 49.4 Å². The quantitative estimate of drug-likeness (QED) is 0.528. The number of nitro groups is 1. The Labute approximate surface area is 173 Å². The summed E-state index contributed by atoms with van der Waals surface area (Å²) in [6.07, 6.45) is 2.12. The first kappa shape index (κ1) is 21.4. The lowest BCUT2D eigenvalue weighted by atomic mass is 10.1.